The molecule has 0 aliphatic rings. The predicted octanol–water partition coefficient (Wildman–Crippen LogP) is -0.516. The minimum Gasteiger partial charge on any atom is -0.306 e. The molecule has 1 unspecified atom stereocenters. The highest BCUT2D eigenvalue weighted by atomic mass is 32.8. The largest absolute Gasteiger partial charge is 0.306 e. The van der Waals surface area contributed by atoms with Gasteiger partial charge in [0.15, 0.2) is 0 Å². The Bertz CT molecular complexity index is 266. The van der Waals surface area contributed by atoms with E-state index < -0.39 is 24.6 Å². The van der Waals surface area contributed by atoms with Crippen molar-refractivity contribution in [3.05, 3.63) is 0 Å². The zero-order chi connectivity index (χ0) is 9.12. The van der Waals surface area contributed by atoms with Crippen LogP contribution in [0, 0.1) is 0 Å². The van der Waals surface area contributed by atoms with E-state index >= 15 is 0 Å². The third kappa shape index (κ3) is 10.2. The maximum absolute atomic E-state index is 10.4. The van der Waals surface area contributed by atoms with Crippen molar-refractivity contribution in [2.45, 2.75) is 6.42 Å². The summed E-state index contributed by atoms with van der Waals surface area (Å²) in [6.07, 6.45) is -0.0995. The molecule has 1 atom stereocenters. The van der Waals surface area contributed by atoms with Crippen LogP contribution >= 0.6 is 0 Å². The summed E-state index contributed by atoms with van der Waals surface area (Å²) >= 11 is 4.08. The quantitative estimate of drug-likeness (QED) is 0.620. The molecular formula is C3H8O5S3. The molecule has 0 saturated carbocycles. The van der Waals surface area contributed by atoms with Crippen molar-refractivity contribution < 1.29 is 21.7 Å². The Morgan fingerprint density at radius 2 is 1.55 bits per heavy atom. The van der Waals surface area contributed by atoms with Gasteiger partial charge in [-0.25, -0.2) is 4.21 Å². The first-order valence-electron chi connectivity index (χ1n) is 2.61. The second-order valence-corrected chi connectivity index (χ2v) is 6.63. The van der Waals surface area contributed by atoms with Crippen LogP contribution in [0.3, 0.4) is 0 Å². The summed E-state index contributed by atoms with van der Waals surface area (Å²) in [5, 5.41) is 0. The fourth-order valence-electron chi connectivity index (χ4n) is 0.424. The molecule has 0 radical (unpaired) electrons. The first-order chi connectivity index (χ1) is 4.71. The average Bonchev–Trinajstić information content (AvgIpc) is 1.55. The molecule has 0 fully saturated rings. The molecule has 0 bridgehead atoms. The number of hydrogen-bond acceptors (Lipinski definition) is 4. The molecule has 0 rings (SSSR count). The van der Waals surface area contributed by atoms with Gasteiger partial charge in [0.2, 0.25) is 0 Å². The van der Waals surface area contributed by atoms with Gasteiger partial charge in [-0.1, -0.05) is 0 Å². The minimum atomic E-state index is -4.03. The minimum absolute atomic E-state index is 0.0995. The smallest absolute Gasteiger partial charge is 0.264 e. The number of hydrogen-bond donors (Lipinski definition) is 2. The Balaban J connectivity index is 3.79. The van der Waals surface area contributed by atoms with E-state index in [9.17, 15) is 12.6 Å². The summed E-state index contributed by atoms with van der Waals surface area (Å²) in [6.45, 7) is 0. The van der Waals surface area contributed by atoms with Gasteiger partial charge in [0.25, 0.3) is 10.1 Å². The van der Waals surface area contributed by atoms with Gasteiger partial charge in [-0.3, -0.25) is 4.55 Å². The van der Waals surface area contributed by atoms with E-state index in [0.29, 0.717) is 0 Å². The summed E-state index contributed by atoms with van der Waals surface area (Å²) in [4.78, 5) is 0. The van der Waals surface area contributed by atoms with E-state index in [1.165, 1.54) is 0 Å². The maximum Gasteiger partial charge on any atom is 0.264 e. The topological polar surface area (TPSA) is 91.7 Å². The molecule has 0 amide bonds. The second-order valence-electron chi connectivity index (χ2n) is 1.93. The SMILES string of the molecule is O=S(=O)(O)CCCS(=O)(O)=S. The van der Waals surface area contributed by atoms with Gasteiger partial charge < -0.3 is 4.55 Å². The summed E-state index contributed by atoms with van der Waals surface area (Å²) in [6, 6.07) is 0. The molecule has 0 heterocycles. The summed E-state index contributed by atoms with van der Waals surface area (Å²) < 4.78 is 47.2. The summed E-state index contributed by atoms with van der Waals surface area (Å²) in [5.74, 6) is -0.816. The number of rotatable bonds is 4. The van der Waals surface area contributed by atoms with Crippen molar-refractivity contribution in [1.82, 2.24) is 0 Å². The lowest BCUT2D eigenvalue weighted by Crippen LogP contribution is -2.10. The molecule has 68 valence electrons. The van der Waals surface area contributed by atoms with Crippen LogP contribution in [0.2, 0.25) is 0 Å². The highest BCUT2D eigenvalue weighted by Crippen LogP contribution is 1.92. The predicted molar refractivity (Wildman–Crippen MR) is 44.0 cm³/mol. The van der Waals surface area contributed by atoms with Gasteiger partial charge in [0.1, 0.15) is 8.77 Å². The van der Waals surface area contributed by atoms with Gasteiger partial charge in [-0.15, -0.1) is 0 Å². The van der Waals surface area contributed by atoms with E-state index in [0.717, 1.165) is 0 Å². The van der Waals surface area contributed by atoms with Gasteiger partial charge in [-0.2, -0.15) is 8.42 Å². The Hall–Kier alpha value is 0.240. The molecule has 0 saturated heterocycles. The molecule has 0 aromatic rings. The molecule has 0 spiro atoms. The molecule has 5 nitrogen and oxygen atoms in total. The van der Waals surface area contributed by atoms with Gasteiger partial charge >= 0.3 is 0 Å². The molecule has 8 heteroatoms. The van der Waals surface area contributed by atoms with Crippen molar-refractivity contribution in [3.8, 4) is 0 Å². The highest BCUT2D eigenvalue weighted by molar-refractivity contribution is 8.29. The third-order valence-electron chi connectivity index (χ3n) is 0.805. The molecule has 2 N–H and O–H groups in total. The van der Waals surface area contributed by atoms with Crippen LogP contribution < -0.4 is 0 Å². The fraction of sp³-hybridized carbons (Fsp3) is 1.00. The first kappa shape index (κ1) is 11.2. The molecule has 0 aliphatic heterocycles. The van der Waals surface area contributed by atoms with Crippen LogP contribution in [0.25, 0.3) is 0 Å². The average molecular weight is 220 g/mol. The van der Waals surface area contributed by atoms with Crippen LogP contribution in [0.5, 0.6) is 0 Å². The van der Waals surface area contributed by atoms with E-state index in [1.807, 2.05) is 0 Å². The second kappa shape index (κ2) is 3.76. The maximum atomic E-state index is 10.4. The molecular weight excluding hydrogens is 212 g/mol. The highest BCUT2D eigenvalue weighted by Gasteiger charge is 2.06. The molecule has 11 heavy (non-hydrogen) atoms. The Morgan fingerprint density at radius 1 is 1.09 bits per heavy atom. The van der Waals surface area contributed by atoms with Crippen LogP contribution in [0.1, 0.15) is 6.42 Å². The fourth-order valence-corrected chi connectivity index (χ4v) is 1.98. The van der Waals surface area contributed by atoms with Crippen LogP contribution in [-0.4, -0.2) is 33.2 Å². The monoisotopic (exact) mass is 220 g/mol. The van der Waals surface area contributed by atoms with E-state index in [1.54, 1.807) is 0 Å². The molecule has 0 aromatic carbocycles. The zero-order valence-electron chi connectivity index (χ0n) is 5.47. The summed E-state index contributed by atoms with van der Waals surface area (Å²) in [5.41, 5.74) is 0. The lowest BCUT2D eigenvalue weighted by molar-refractivity contribution is 0.482. The van der Waals surface area contributed by atoms with Gasteiger partial charge in [0.05, 0.1) is 11.5 Å². The zero-order valence-corrected chi connectivity index (χ0v) is 7.91. The molecule has 0 aromatic heterocycles. The van der Waals surface area contributed by atoms with E-state index in [-0.39, 0.29) is 12.2 Å². The lowest BCUT2D eigenvalue weighted by atomic mass is 10.6. The van der Waals surface area contributed by atoms with Crippen LogP contribution in [-0.2, 0) is 30.1 Å². The third-order valence-corrected chi connectivity index (χ3v) is 2.91. The van der Waals surface area contributed by atoms with Gasteiger partial charge in [-0.05, 0) is 6.42 Å². The normalized spacial score (nSPS) is 17.6. The van der Waals surface area contributed by atoms with Crippen molar-refractivity contribution in [1.29, 1.82) is 0 Å². The van der Waals surface area contributed by atoms with E-state index in [2.05, 4.69) is 11.2 Å². The van der Waals surface area contributed by atoms with Crippen molar-refractivity contribution >= 4 is 30.1 Å². The van der Waals surface area contributed by atoms with Crippen molar-refractivity contribution in [2.24, 2.45) is 0 Å². The summed E-state index contributed by atoms with van der Waals surface area (Å²) in [7, 11) is -7.32. The van der Waals surface area contributed by atoms with E-state index in [4.69, 9.17) is 9.11 Å². The Labute approximate surface area is 70.1 Å². The molecule has 0 aliphatic carbocycles. The standard InChI is InChI=1S/C3H8O5S3/c4-10(5,6)2-1-3-11(7,8)9/h1-3H2,(H,4,5,6)(H,7,8,9). The van der Waals surface area contributed by atoms with Crippen molar-refractivity contribution in [2.75, 3.05) is 11.5 Å². The first-order valence-corrected chi connectivity index (χ1v) is 6.83. The Kier molecular flexibility index (Phi) is 3.85. The van der Waals surface area contributed by atoms with Crippen LogP contribution in [0.4, 0.5) is 0 Å². The van der Waals surface area contributed by atoms with Crippen LogP contribution in [0.15, 0.2) is 0 Å². The lowest BCUT2D eigenvalue weighted by Gasteiger charge is -1.96. The Morgan fingerprint density at radius 3 is 1.82 bits per heavy atom. The van der Waals surface area contributed by atoms with Crippen molar-refractivity contribution in [3.63, 3.8) is 0 Å². The van der Waals surface area contributed by atoms with Gasteiger partial charge in [0, 0.05) is 11.2 Å².